The number of furan rings is 1. The molecule has 1 amide bonds. The Balaban J connectivity index is 1.60. The molecule has 1 N–H and O–H groups in total. The Morgan fingerprint density at radius 3 is 2.67 bits per heavy atom. The molecule has 5 nitrogen and oxygen atoms in total. The molecule has 0 atom stereocenters. The Hall–Kier alpha value is -1.80. The number of carbonyl (C=O) groups excluding carboxylic acids is 1. The molecule has 0 radical (unpaired) electrons. The summed E-state index contributed by atoms with van der Waals surface area (Å²) in [6.07, 6.45) is 4.95. The molecule has 1 fully saturated rings. The summed E-state index contributed by atoms with van der Waals surface area (Å²) in [4.78, 5) is 25.3. The summed E-state index contributed by atoms with van der Waals surface area (Å²) < 4.78 is 6.35. The van der Waals surface area contributed by atoms with Gasteiger partial charge in [-0.3, -0.25) is 14.5 Å². The van der Waals surface area contributed by atoms with Gasteiger partial charge in [0.1, 0.15) is 15.8 Å². The van der Waals surface area contributed by atoms with Crippen LogP contribution < -0.4 is 0 Å². The molecular weight excluding hydrogens is 465 g/mol. The van der Waals surface area contributed by atoms with Gasteiger partial charge in [0.2, 0.25) is 0 Å². The van der Waals surface area contributed by atoms with Crippen LogP contribution >= 0.6 is 47.2 Å². The molecule has 0 aliphatic carbocycles. The van der Waals surface area contributed by atoms with Crippen molar-refractivity contribution in [3.63, 3.8) is 0 Å². The predicted octanol–water partition coefficient (Wildman–Crippen LogP) is 6.49. The van der Waals surface area contributed by atoms with Crippen LogP contribution in [0.3, 0.4) is 0 Å². The average Bonchev–Trinajstić information content (AvgIpc) is 3.24. The fraction of sp³-hybridized carbons (Fsp3) is 0.286. The molecule has 2 aromatic rings. The van der Waals surface area contributed by atoms with Crippen LogP contribution in [0.4, 0.5) is 0 Å². The number of hydrogen-bond donors (Lipinski definition) is 1. The third kappa shape index (κ3) is 5.88. The van der Waals surface area contributed by atoms with Crippen molar-refractivity contribution in [2.24, 2.45) is 0 Å². The van der Waals surface area contributed by atoms with E-state index >= 15 is 0 Å². The van der Waals surface area contributed by atoms with Crippen LogP contribution in [-0.2, 0) is 9.59 Å². The normalized spacial score (nSPS) is 15.4. The summed E-state index contributed by atoms with van der Waals surface area (Å²) in [6.45, 7) is 0.527. The zero-order chi connectivity index (χ0) is 21.7. The second-order valence-electron chi connectivity index (χ2n) is 6.72. The zero-order valence-corrected chi connectivity index (χ0v) is 19.0. The Kier molecular flexibility index (Phi) is 7.99. The molecule has 2 heterocycles. The van der Waals surface area contributed by atoms with Gasteiger partial charge in [0.25, 0.3) is 5.91 Å². The molecule has 3 rings (SSSR count). The number of carbonyl (C=O) groups is 2. The molecule has 1 saturated heterocycles. The number of aliphatic carboxylic acids is 1. The number of nitrogens with zero attached hydrogens (tertiary/aromatic N) is 1. The summed E-state index contributed by atoms with van der Waals surface area (Å²) in [6, 6.07) is 8.72. The first-order chi connectivity index (χ1) is 14.3. The molecule has 1 aromatic heterocycles. The lowest BCUT2D eigenvalue weighted by atomic mass is 10.1. The summed E-state index contributed by atoms with van der Waals surface area (Å²) in [5.41, 5.74) is 0.719. The van der Waals surface area contributed by atoms with Gasteiger partial charge in [-0.05, 0) is 43.2 Å². The first kappa shape index (κ1) is 22.9. The largest absolute Gasteiger partial charge is 0.481 e. The van der Waals surface area contributed by atoms with Gasteiger partial charge in [0.05, 0.1) is 9.93 Å². The third-order valence-electron chi connectivity index (χ3n) is 4.49. The Morgan fingerprint density at radius 2 is 1.93 bits per heavy atom. The number of unbranched alkanes of at least 4 members (excludes halogenated alkanes) is 3. The van der Waals surface area contributed by atoms with Crippen molar-refractivity contribution < 1.29 is 19.1 Å². The number of benzene rings is 1. The second kappa shape index (κ2) is 10.5. The first-order valence-corrected chi connectivity index (χ1v) is 11.4. The minimum Gasteiger partial charge on any atom is -0.481 e. The quantitative estimate of drug-likeness (QED) is 0.249. The molecular formula is C21H19Cl2NO4S2. The van der Waals surface area contributed by atoms with E-state index in [4.69, 9.17) is 44.9 Å². The minimum absolute atomic E-state index is 0.141. The molecule has 1 aliphatic heterocycles. The highest BCUT2D eigenvalue weighted by molar-refractivity contribution is 8.26. The number of halogens is 2. The van der Waals surface area contributed by atoms with Gasteiger partial charge in [-0.25, -0.2) is 0 Å². The highest BCUT2D eigenvalue weighted by Crippen LogP contribution is 2.35. The summed E-state index contributed by atoms with van der Waals surface area (Å²) in [5.74, 6) is 0.194. The van der Waals surface area contributed by atoms with Crippen LogP contribution in [0, 0.1) is 0 Å². The molecule has 0 spiro atoms. The number of amides is 1. The molecule has 30 heavy (non-hydrogen) atoms. The Labute approximate surface area is 194 Å². The number of thioether (sulfide) groups is 1. The number of carboxylic acid groups (broad SMARTS) is 1. The fourth-order valence-corrected chi connectivity index (χ4v) is 4.78. The lowest BCUT2D eigenvalue weighted by molar-refractivity contribution is -0.137. The standard InChI is InChI=1S/C21H19Cl2NO4S2/c22-13-6-8-15(16(23)11-13)17-9-7-14(28-17)12-18-20(27)24(21(29)30-18)10-4-2-1-3-5-19(25)26/h6-9,11-12H,1-5,10H2,(H,25,26)/b18-12+. The number of carboxylic acids is 1. The molecule has 0 unspecified atom stereocenters. The lowest BCUT2D eigenvalue weighted by Crippen LogP contribution is -2.29. The predicted molar refractivity (Wildman–Crippen MR) is 125 cm³/mol. The van der Waals surface area contributed by atoms with Crippen molar-refractivity contribution >= 4 is 69.5 Å². The first-order valence-electron chi connectivity index (χ1n) is 9.37. The fourth-order valence-electron chi connectivity index (χ4n) is 2.99. The van der Waals surface area contributed by atoms with Gasteiger partial charge in [0, 0.05) is 29.6 Å². The topological polar surface area (TPSA) is 70.8 Å². The maximum absolute atomic E-state index is 12.7. The van der Waals surface area contributed by atoms with E-state index in [2.05, 4.69) is 0 Å². The van der Waals surface area contributed by atoms with E-state index in [1.165, 1.54) is 11.8 Å². The van der Waals surface area contributed by atoms with Crippen molar-refractivity contribution in [2.75, 3.05) is 6.54 Å². The minimum atomic E-state index is -0.781. The maximum atomic E-state index is 12.7. The average molecular weight is 484 g/mol. The van der Waals surface area contributed by atoms with Gasteiger partial charge >= 0.3 is 5.97 Å². The van der Waals surface area contributed by atoms with Crippen LogP contribution in [0.5, 0.6) is 0 Å². The summed E-state index contributed by atoms with van der Waals surface area (Å²) in [5, 5.41) is 9.68. The smallest absolute Gasteiger partial charge is 0.303 e. The number of hydrogen-bond acceptors (Lipinski definition) is 5. The van der Waals surface area contributed by atoms with Crippen molar-refractivity contribution in [2.45, 2.75) is 32.1 Å². The zero-order valence-electron chi connectivity index (χ0n) is 15.9. The molecule has 1 aliphatic rings. The van der Waals surface area contributed by atoms with E-state index in [1.54, 1.807) is 41.3 Å². The van der Waals surface area contributed by atoms with Crippen molar-refractivity contribution in [1.29, 1.82) is 0 Å². The maximum Gasteiger partial charge on any atom is 0.303 e. The summed E-state index contributed by atoms with van der Waals surface area (Å²) in [7, 11) is 0. The van der Waals surface area contributed by atoms with E-state index in [-0.39, 0.29) is 12.3 Å². The summed E-state index contributed by atoms with van der Waals surface area (Å²) >= 11 is 18.8. The van der Waals surface area contributed by atoms with Crippen LogP contribution in [0.25, 0.3) is 17.4 Å². The monoisotopic (exact) mass is 483 g/mol. The molecule has 0 bridgehead atoms. The van der Waals surface area contributed by atoms with E-state index in [0.717, 1.165) is 24.8 Å². The Morgan fingerprint density at radius 1 is 1.17 bits per heavy atom. The number of rotatable bonds is 9. The highest BCUT2D eigenvalue weighted by atomic mass is 35.5. The van der Waals surface area contributed by atoms with Crippen LogP contribution in [0.15, 0.2) is 39.7 Å². The van der Waals surface area contributed by atoms with Crippen molar-refractivity contribution in [3.05, 3.63) is 51.0 Å². The molecule has 158 valence electrons. The second-order valence-corrected chi connectivity index (χ2v) is 9.24. The molecule has 0 saturated carbocycles. The van der Waals surface area contributed by atoms with Gasteiger partial charge in [-0.1, -0.05) is 60.0 Å². The SMILES string of the molecule is O=C(O)CCCCCCN1C(=O)/C(=C\c2ccc(-c3ccc(Cl)cc3Cl)o2)SC1=S. The highest BCUT2D eigenvalue weighted by Gasteiger charge is 2.31. The van der Waals surface area contributed by atoms with Gasteiger partial charge < -0.3 is 9.52 Å². The third-order valence-corrected chi connectivity index (χ3v) is 6.42. The molecule has 9 heteroatoms. The van der Waals surface area contributed by atoms with E-state index in [1.807, 2.05) is 0 Å². The van der Waals surface area contributed by atoms with E-state index < -0.39 is 5.97 Å². The van der Waals surface area contributed by atoms with E-state index in [0.29, 0.717) is 43.8 Å². The van der Waals surface area contributed by atoms with Crippen LogP contribution in [0.2, 0.25) is 10.0 Å². The van der Waals surface area contributed by atoms with Gasteiger partial charge in [0.15, 0.2) is 0 Å². The van der Waals surface area contributed by atoms with Crippen LogP contribution in [-0.4, -0.2) is 32.7 Å². The lowest BCUT2D eigenvalue weighted by Gasteiger charge is -2.13. The van der Waals surface area contributed by atoms with Crippen molar-refractivity contribution in [3.8, 4) is 11.3 Å². The number of thiocarbonyl (C=S) groups is 1. The van der Waals surface area contributed by atoms with E-state index in [9.17, 15) is 9.59 Å². The van der Waals surface area contributed by atoms with Gasteiger partial charge in [-0.2, -0.15) is 0 Å². The van der Waals surface area contributed by atoms with Crippen LogP contribution in [0.1, 0.15) is 37.9 Å². The van der Waals surface area contributed by atoms with Crippen molar-refractivity contribution in [1.82, 2.24) is 4.90 Å². The van der Waals surface area contributed by atoms with Gasteiger partial charge in [-0.15, -0.1) is 0 Å². The Bertz CT molecular complexity index is 1000. The molecule has 1 aromatic carbocycles.